The Labute approximate surface area is 110 Å². The number of unbranched alkanes of at least 4 members (excludes halogenated alkanes) is 1. The van der Waals surface area contributed by atoms with Crippen LogP contribution in [0.25, 0.3) is 0 Å². The normalized spacial score (nSPS) is 11.0. The molecule has 0 unspecified atom stereocenters. The third-order valence-electron chi connectivity index (χ3n) is 3.03. The van der Waals surface area contributed by atoms with Gasteiger partial charge < -0.3 is 10.0 Å². The average molecular weight is 251 g/mol. The van der Waals surface area contributed by atoms with E-state index in [9.17, 15) is 5.11 Å². The lowest BCUT2D eigenvalue weighted by atomic mass is 10.2. The summed E-state index contributed by atoms with van der Waals surface area (Å²) in [5.41, 5.74) is 1.71. The molecule has 102 valence electrons. The smallest absolute Gasteiger partial charge is 0.131 e. The lowest BCUT2D eigenvalue weighted by molar-refractivity contribution is 0.276. The van der Waals surface area contributed by atoms with Crippen molar-refractivity contribution in [2.45, 2.75) is 53.1 Å². The standard InChI is InChI=1S/C14H25N3O/c1-5-7-8-17(6-2)13-9-15-14(11(3)4)16-12(13)10-18/h9,11,18H,5-8,10H2,1-4H3. The van der Waals surface area contributed by atoms with Crippen molar-refractivity contribution < 1.29 is 5.11 Å². The van der Waals surface area contributed by atoms with Gasteiger partial charge in [-0.2, -0.15) is 0 Å². The molecule has 1 aromatic rings. The molecule has 4 heteroatoms. The number of hydrogen-bond acceptors (Lipinski definition) is 4. The van der Waals surface area contributed by atoms with Crippen molar-refractivity contribution in [2.24, 2.45) is 0 Å². The molecule has 0 spiro atoms. The molecule has 1 rings (SSSR count). The molecule has 1 heterocycles. The SMILES string of the molecule is CCCCN(CC)c1cnc(C(C)C)nc1CO. The summed E-state index contributed by atoms with van der Waals surface area (Å²) in [5, 5.41) is 9.48. The highest BCUT2D eigenvalue weighted by Crippen LogP contribution is 2.20. The van der Waals surface area contributed by atoms with Crippen LogP contribution in [0.5, 0.6) is 0 Å². The Morgan fingerprint density at radius 3 is 2.56 bits per heavy atom. The maximum Gasteiger partial charge on any atom is 0.131 e. The van der Waals surface area contributed by atoms with Gasteiger partial charge in [-0.05, 0) is 13.3 Å². The molecule has 1 aromatic heterocycles. The first kappa shape index (κ1) is 14.9. The molecule has 1 N–H and O–H groups in total. The topological polar surface area (TPSA) is 49.2 Å². The minimum Gasteiger partial charge on any atom is -0.390 e. The molecule has 4 nitrogen and oxygen atoms in total. The maximum absolute atomic E-state index is 9.48. The van der Waals surface area contributed by atoms with Crippen molar-refractivity contribution >= 4 is 5.69 Å². The quantitative estimate of drug-likeness (QED) is 0.809. The summed E-state index contributed by atoms with van der Waals surface area (Å²) in [7, 11) is 0. The first-order valence-corrected chi connectivity index (χ1v) is 6.85. The van der Waals surface area contributed by atoms with Gasteiger partial charge in [-0.1, -0.05) is 27.2 Å². The largest absolute Gasteiger partial charge is 0.390 e. The zero-order valence-electron chi connectivity index (χ0n) is 12.0. The molecule has 0 saturated carbocycles. The number of anilines is 1. The van der Waals surface area contributed by atoms with Crippen LogP contribution in [0.1, 0.15) is 58.0 Å². The predicted molar refractivity (Wildman–Crippen MR) is 74.8 cm³/mol. The molecule has 0 amide bonds. The molecular formula is C14H25N3O. The fourth-order valence-electron chi connectivity index (χ4n) is 1.88. The van der Waals surface area contributed by atoms with Gasteiger partial charge in [0.15, 0.2) is 0 Å². The van der Waals surface area contributed by atoms with Gasteiger partial charge in [-0.25, -0.2) is 9.97 Å². The Morgan fingerprint density at radius 1 is 1.33 bits per heavy atom. The highest BCUT2D eigenvalue weighted by Gasteiger charge is 2.13. The van der Waals surface area contributed by atoms with Crippen molar-refractivity contribution in [1.29, 1.82) is 0 Å². The summed E-state index contributed by atoms with van der Waals surface area (Å²) in [6.45, 7) is 10.3. The predicted octanol–water partition coefficient (Wildman–Crippen LogP) is 2.72. The van der Waals surface area contributed by atoms with E-state index in [0.29, 0.717) is 0 Å². The molecule has 18 heavy (non-hydrogen) atoms. The van der Waals surface area contributed by atoms with Crippen LogP contribution in [0.2, 0.25) is 0 Å². The molecule has 0 fully saturated rings. The number of aliphatic hydroxyl groups is 1. The van der Waals surface area contributed by atoms with Crippen LogP contribution in [-0.2, 0) is 6.61 Å². The van der Waals surface area contributed by atoms with Crippen LogP contribution in [-0.4, -0.2) is 28.2 Å². The molecular weight excluding hydrogens is 226 g/mol. The van der Waals surface area contributed by atoms with Crippen LogP contribution in [0.15, 0.2) is 6.20 Å². The lowest BCUT2D eigenvalue weighted by Gasteiger charge is -2.24. The van der Waals surface area contributed by atoms with Gasteiger partial charge in [0.05, 0.1) is 24.2 Å². The summed E-state index contributed by atoms with van der Waals surface area (Å²) in [4.78, 5) is 11.1. The monoisotopic (exact) mass is 251 g/mol. The van der Waals surface area contributed by atoms with E-state index in [1.807, 2.05) is 6.20 Å². The fraction of sp³-hybridized carbons (Fsp3) is 0.714. The Hall–Kier alpha value is -1.16. The van der Waals surface area contributed by atoms with E-state index in [2.05, 4.69) is 42.6 Å². The van der Waals surface area contributed by atoms with Crippen LogP contribution < -0.4 is 4.90 Å². The molecule has 0 atom stereocenters. The van der Waals surface area contributed by atoms with Gasteiger partial charge in [0.2, 0.25) is 0 Å². The molecule has 0 aliphatic carbocycles. The second kappa shape index (κ2) is 7.31. The Bertz CT molecular complexity index is 366. The van der Waals surface area contributed by atoms with Crippen molar-refractivity contribution in [3.63, 3.8) is 0 Å². The average Bonchev–Trinajstić information content (AvgIpc) is 2.39. The van der Waals surface area contributed by atoms with E-state index >= 15 is 0 Å². The van der Waals surface area contributed by atoms with Crippen molar-refractivity contribution in [3.05, 3.63) is 17.7 Å². The molecule has 0 radical (unpaired) electrons. The van der Waals surface area contributed by atoms with Gasteiger partial charge >= 0.3 is 0 Å². The number of aliphatic hydroxyl groups excluding tert-OH is 1. The number of hydrogen-bond donors (Lipinski definition) is 1. The first-order valence-electron chi connectivity index (χ1n) is 6.85. The number of nitrogens with zero attached hydrogens (tertiary/aromatic N) is 3. The zero-order chi connectivity index (χ0) is 13.5. The molecule has 0 aliphatic rings. The van der Waals surface area contributed by atoms with Gasteiger partial charge in [-0.3, -0.25) is 0 Å². The van der Waals surface area contributed by atoms with Crippen molar-refractivity contribution in [3.8, 4) is 0 Å². The summed E-state index contributed by atoms with van der Waals surface area (Å²) in [5.74, 6) is 1.09. The molecule has 0 aliphatic heterocycles. The number of rotatable bonds is 7. The van der Waals surface area contributed by atoms with Crippen molar-refractivity contribution in [2.75, 3.05) is 18.0 Å². The molecule has 0 bridgehead atoms. The Morgan fingerprint density at radius 2 is 2.06 bits per heavy atom. The molecule has 0 saturated heterocycles. The van der Waals surface area contributed by atoms with Gasteiger partial charge in [0.1, 0.15) is 5.82 Å². The fourth-order valence-corrected chi connectivity index (χ4v) is 1.88. The van der Waals surface area contributed by atoms with E-state index in [-0.39, 0.29) is 12.5 Å². The third kappa shape index (κ3) is 3.67. The number of aromatic nitrogens is 2. The Balaban J connectivity index is 2.98. The van der Waals surface area contributed by atoms with E-state index in [1.165, 1.54) is 0 Å². The summed E-state index contributed by atoms with van der Waals surface area (Å²) in [6.07, 6.45) is 4.16. The van der Waals surface area contributed by atoms with Gasteiger partial charge in [0, 0.05) is 19.0 Å². The summed E-state index contributed by atoms with van der Waals surface area (Å²) < 4.78 is 0. The van der Waals surface area contributed by atoms with Crippen LogP contribution in [0, 0.1) is 0 Å². The first-order chi connectivity index (χ1) is 8.63. The third-order valence-corrected chi connectivity index (χ3v) is 3.03. The summed E-state index contributed by atoms with van der Waals surface area (Å²) in [6, 6.07) is 0. The van der Waals surface area contributed by atoms with E-state index < -0.39 is 0 Å². The van der Waals surface area contributed by atoms with Crippen LogP contribution >= 0.6 is 0 Å². The zero-order valence-corrected chi connectivity index (χ0v) is 12.0. The summed E-state index contributed by atoms with van der Waals surface area (Å²) >= 11 is 0. The minimum absolute atomic E-state index is 0.0276. The van der Waals surface area contributed by atoms with E-state index in [1.54, 1.807) is 0 Å². The van der Waals surface area contributed by atoms with E-state index in [0.717, 1.165) is 43.1 Å². The highest BCUT2D eigenvalue weighted by atomic mass is 16.3. The van der Waals surface area contributed by atoms with Crippen molar-refractivity contribution in [1.82, 2.24) is 9.97 Å². The van der Waals surface area contributed by atoms with Gasteiger partial charge in [0.25, 0.3) is 0 Å². The Kier molecular flexibility index (Phi) is 6.05. The van der Waals surface area contributed by atoms with Gasteiger partial charge in [-0.15, -0.1) is 0 Å². The lowest BCUT2D eigenvalue weighted by Crippen LogP contribution is -2.26. The highest BCUT2D eigenvalue weighted by molar-refractivity contribution is 5.48. The second-order valence-electron chi connectivity index (χ2n) is 4.81. The molecule has 0 aromatic carbocycles. The minimum atomic E-state index is -0.0276. The second-order valence-corrected chi connectivity index (χ2v) is 4.81. The van der Waals surface area contributed by atoms with Crippen LogP contribution in [0.3, 0.4) is 0 Å². The maximum atomic E-state index is 9.48. The van der Waals surface area contributed by atoms with E-state index in [4.69, 9.17) is 0 Å². The van der Waals surface area contributed by atoms with Crippen LogP contribution in [0.4, 0.5) is 5.69 Å².